The largest absolute Gasteiger partial charge is 0.289 e. The van der Waals surface area contributed by atoms with Crippen LogP contribution in [0.25, 0.3) is 0 Å². The highest BCUT2D eigenvalue weighted by Crippen LogP contribution is 2.24. The molecule has 0 aliphatic carbocycles. The van der Waals surface area contributed by atoms with Crippen molar-refractivity contribution >= 4 is 35.1 Å². The number of rotatable bonds is 4. The average Bonchev–Trinajstić information content (AvgIpc) is 3.12. The number of carbonyl (C=O) groups is 1. The maximum absolute atomic E-state index is 12.0. The Bertz CT molecular complexity index is 836. The number of nitrogens with one attached hydrogen (secondary N) is 1. The molecule has 1 aromatic carbocycles. The number of anilines is 1. The van der Waals surface area contributed by atoms with Crippen LogP contribution in [0.4, 0.5) is 5.95 Å². The van der Waals surface area contributed by atoms with Crippen molar-refractivity contribution < 1.29 is 4.79 Å². The zero-order valence-electron chi connectivity index (χ0n) is 12.1. The molecule has 1 amide bonds. The summed E-state index contributed by atoms with van der Waals surface area (Å²) in [5.41, 5.74) is 1.17. The van der Waals surface area contributed by atoms with Gasteiger partial charge in [0.05, 0.1) is 18.3 Å². The molecule has 0 bridgehead atoms. The second kappa shape index (κ2) is 6.39. The molecule has 0 atom stereocenters. The molecule has 118 valence electrons. The van der Waals surface area contributed by atoms with Crippen molar-refractivity contribution in [2.24, 2.45) is 7.05 Å². The van der Waals surface area contributed by atoms with Gasteiger partial charge in [-0.3, -0.25) is 14.8 Å². The number of benzene rings is 1. The zero-order chi connectivity index (χ0) is 16.4. The van der Waals surface area contributed by atoms with Crippen LogP contribution in [-0.4, -0.2) is 30.5 Å². The molecule has 0 saturated heterocycles. The molecule has 0 unspecified atom stereocenters. The van der Waals surface area contributed by atoms with Gasteiger partial charge in [0.25, 0.3) is 5.91 Å². The van der Waals surface area contributed by atoms with Gasteiger partial charge in [0, 0.05) is 28.9 Å². The normalized spacial score (nSPS) is 10.7. The molecule has 2 aromatic heterocycles. The number of hydrogen-bond acceptors (Lipinski definition) is 4. The number of hydrogen-bond donors (Lipinski definition) is 1. The SMILES string of the molecule is Cn1cc(C(=O)Nc2ncn(Cc3c(Cl)cccc3Cl)n2)cn1. The second-order valence-corrected chi connectivity index (χ2v) is 5.64. The molecule has 2 heterocycles. The fourth-order valence-electron chi connectivity index (χ4n) is 1.99. The van der Waals surface area contributed by atoms with Crippen LogP contribution in [0.2, 0.25) is 10.0 Å². The number of aromatic nitrogens is 5. The molecule has 0 aliphatic heterocycles. The van der Waals surface area contributed by atoms with Crippen LogP contribution < -0.4 is 5.32 Å². The van der Waals surface area contributed by atoms with Gasteiger partial charge in [0.2, 0.25) is 5.95 Å². The lowest BCUT2D eigenvalue weighted by atomic mass is 10.2. The van der Waals surface area contributed by atoms with E-state index < -0.39 is 0 Å². The topological polar surface area (TPSA) is 77.6 Å². The monoisotopic (exact) mass is 350 g/mol. The van der Waals surface area contributed by atoms with E-state index >= 15 is 0 Å². The van der Waals surface area contributed by atoms with Crippen LogP contribution in [0.15, 0.2) is 36.9 Å². The molecule has 9 heteroatoms. The molecule has 1 N–H and O–H groups in total. The minimum Gasteiger partial charge on any atom is -0.289 e. The molecule has 0 spiro atoms. The van der Waals surface area contributed by atoms with Crippen LogP contribution in [0.3, 0.4) is 0 Å². The summed E-state index contributed by atoms with van der Waals surface area (Å²) in [5, 5.41) is 11.8. The van der Waals surface area contributed by atoms with E-state index in [1.54, 1.807) is 40.8 Å². The second-order valence-electron chi connectivity index (χ2n) is 4.82. The zero-order valence-corrected chi connectivity index (χ0v) is 13.6. The van der Waals surface area contributed by atoms with E-state index in [1.165, 1.54) is 12.5 Å². The molecule has 0 aliphatic rings. The molecular weight excluding hydrogens is 339 g/mol. The highest BCUT2D eigenvalue weighted by Gasteiger charge is 2.12. The highest BCUT2D eigenvalue weighted by molar-refractivity contribution is 6.35. The van der Waals surface area contributed by atoms with E-state index in [9.17, 15) is 4.79 Å². The van der Waals surface area contributed by atoms with Gasteiger partial charge in [-0.05, 0) is 12.1 Å². The summed E-state index contributed by atoms with van der Waals surface area (Å²) in [7, 11) is 1.73. The third-order valence-electron chi connectivity index (χ3n) is 3.11. The molecule has 23 heavy (non-hydrogen) atoms. The van der Waals surface area contributed by atoms with E-state index in [1.807, 2.05) is 0 Å². The quantitative estimate of drug-likeness (QED) is 0.784. The summed E-state index contributed by atoms with van der Waals surface area (Å²) in [6.07, 6.45) is 4.57. The Hall–Kier alpha value is -2.38. The number of aryl methyl sites for hydroxylation is 1. The first kappa shape index (κ1) is 15.5. The van der Waals surface area contributed by atoms with Crippen molar-refractivity contribution in [3.8, 4) is 0 Å². The maximum atomic E-state index is 12.0. The van der Waals surface area contributed by atoms with Crippen LogP contribution >= 0.6 is 23.2 Å². The molecule has 0 fully saturated rings. The first-order chi connectivity index (χ1) is 11.0. The summed E-state index contributed by atoms with van der Waals surface area (Å²) in [5.74, 6) is -0.131. The standard InChI is InChI=1S/C14H12Cl2N6O/c1-21-6-9(5-18-21)13(23)19-14-17-8-22(20-14)7-10-11(15)3-2-4-12(10)16/h2-6,8H,7H2,1H3,(H,19,20,23). The van der Waals surface area contributed by atoms with Crippen LogP contribution in [0, 0.1) is 0 Å². The summed E-state index contributed by atoms with van der Waals surface area (Å²) in [6.45, 7) is 0.355. The average molecular weight is 351 g/mol. The first-order valence-corrected chi connectivity index (χ1v) is 7.41. The van der Waals surface area contributed by atoms with Crippen molar-refractivity contribution in [1.82, 2.24) is 24.5 Å². The predicted molar refractivity (Wildman–Crippen MR) is 86.7 cm³/mol. The van der Waals surface area contributed by atoms with Crippen LogP contribution in [0.1, 0.15) is 15.9 Å². The lowest BCUT2D eigenvalue weighted by molar-refractivity contribution is 0.102. The molecular formula is C14H12Cl2N6O. The van der Waals surface area contributed by atoms with Gasteiger partial charge >= 0.3 is 0 Å². The third kappa shape index (κ3) is 3.52. The summed E-state index contributed by atoms with van der Waals surface area (Å²) in [4.78, 5) is 16.1. The van der Waals surface area contributed by atoms with Crippen molar-refractivity contribution in [3.63, 3.8) is 0 Å². The number of amides is 1. The van der Waals surface area contributed by atoms with Gasteiger partial charge in [-0.2, -0.15) is 5.10 Å². The number of carbonyl (C=O) groups excluding carboxylic acids is 1. The van der Waals surface area contributed by atoms with E-state index in [-0.39, 0.29) is 11.9 Å². The summed E-state index contributed by atoms with van der Waals surface area (Å²) in [6, 6.07) is 5.28. The highest BCUT2D eigenvalue weighted by atomic mass is 35.5. The van der Waals surface area contributed by atoms with Crippen molar-refractivity contribution in [3.05, 3.63) is 58.1 Å². The lowest BCUT2D eigenvalue weighted by Crippen LogP contribution is -2.13. The van der Waals surface area contributed by atoms with Gasteiger partial charge in [-0.1, -0.05) is 29.3 Å². The third-order valence-corrected chi connectivity index (χ3v) is 3.82. The minimum atomic E-state index is -0.327. The van der Waals surface area contributed by atoms with Crippen molar-refractivity contribution in [2.75, 3.05) is 5.32 Å². The smallest absolute Gasteiger partial charge is 0.261 e. The van der Waals surface area contributed by atoms with Crippen LogP contribution in [-0.2, 0) is 13.6 Å². The molecule has 7 nitrogen and oxygen atoms in total. The fourth-order valence-corrected chi connectivity index (χ4v) is 2.50. The van der Waals surface area contributed by atoms with E-state index in [0.29, 0.717) is 22.2 Å². The molecule has 0 radical (unpaired) electrons. The fraction of sp³-hybridized carbons (Fsp3) is 0.143. The molecule has 3 aromatic rings. The van der Waals surface area contributed by atoms with Gasteiger partial charge < -0.3 is 0 Å². The Morgan fingerprint density at radius 1 is 1.30 bits per heavy atom. The van der Waals surface area contributed by atoms with Crippen molar-refractivity contribution in [2.45, 2.75) is 6.54 Å². The Labute approximate surface area is 141 Å². The molecule has 3 rings (SSSR count). The summed E-state index contributed by atoms with van der Waals surface area (Å²) < 4.78 is 3.09. The number of halogens is 2. The Kier molecular flexibility index (Phi) is 4.31. The van der Waals surface area contributed by atoms with Gasteiger partial charge in [-0.15, -0.1) is 5.10 Å². The lowest BCUT2D eigenvalue weighted by Gasteiger charge is -2.06. The summed E-state index contributed by atoms with van der Waals surface area (Å²) >= 11 is 12.3. The van der Waals surface area contributed by atoms with Crippen LogP contribution in [0.5, 0.6) is 0 Å². The Morgan fingerprint density at radius 3 is 2.70 bits per heavy atom. The minimum absolute atomic E-state index is 0.196. The van der Waals surface area contributed by atoms with Gasteiger partial charge in [0.15, 0.2) is 0 Å². The Balaban J connectivity index is 1.72. The van der Waals surface area contributed by atoms with E-state index in [2.05, 4.69) is 20.5 Å². The van der Waals surface area contributed by atoms with Crippen molar-refractivity contribution in [1.29, 1.82) is 0 Å². The predicted octanol–water partition coefficient (Wildman–Crippen LogP) is 2.62. The van der Waals surface area contributed by atoms with Gasteiger partial charge in [0.1, 0.15) is 6.33 Å². The van der Waals surface area contributed by atoms with E-state index in [0.717, 1.165) is 5.56 Å². The Morgan fingerprint density at radius 2 is 2.04 bits per heavy atom. The first-order valence-electron chi connectivity index (χ1n) is 6.65. The number of nitrogens with zero attached hydrogens (tertiary/aromatic N) is 5. The van der Waals surface area contributed by atoms with E-state index in [4.69, 9.17) is 23.2 Å². The van der Waals surface area contributed by atoms with Gasteiger partial charge in [-0.25, -0.2) is 9.67 Å². The maximum Gasteiger partial charge on any atom is 0.261 e. The molecule has 0 saturated carbocycles.